The van der Waals surface area contributed by atoms with Gasteiger partial charge in [-0.3, -0.25) is 0 Å². The molecule has 0 bridgehead atoms. The Labute approximate surface area is 123 Å². The summed E-state index contributed by atoms with van der Waals surface area (Å²) in [5.74, 6) is -0.446. The maximum atomic E-state index is 13.1. The van der Waals surface area contributed by atoms with E-state index in [0.717, 1.165) is 10.9 Å². The Bertz CT molecular complexity index is 637. The van der Waals surface area contributed by atoms with E-state index in [9.17, 15) is 13.2 Å². The zero-order valence-corrected chi connectivity index (χ0v) is 12.3. The van der Waals surface area contributed by atoms with E-state index in [1.54, 1.807) is 13.8 Å². The highest BCUT2D eigenvalue weighted by Gasteiger charge is 2.35. The van der Waals surface area contributed by atoms with Gasteiger partial charge in [-0.05, 0) is 24.6 Å². The van der Waals surface area contributed by atoms with Crippen LogP contribution in [0.15, 0.2) is 18.2 Å². The fraction of sp³-hybridized carbons (Fsp3) is 0.308. The van der Waals surface area contributed by atoms with Gasteiger partial charge in [-0.15, -0.1) is 11.3 Å². The van der Waals surface area contributed by atoms with E-state index in [0.29, 0.717) is 10.8 Å². The Morgan fingerprint density at radius 2 is 2.00 bits per heavy atom. The van der Waals surface area contributed by atoms with Crippen molar-refractivity contribution in [2.75, 3.05) is 5.73 Å². The molecule has 7 heteroatoms. The van der Waals surface area contributed by atoms with Crippen molar-refractivity contribution in [1.82, 2.24) is 4.98 Å². The first-order valence-corrected chi connectivity index (χ1v) is 6.99. The fourth-order valence-corrected chi connectivity index (χ4v) is 3.20. The first-order chi connectivity index (χ1) is 9.20. The lowest BCUT2D eigenvalue weighted by atomic mass is 9.93. The number of anilines is 1. The van der Waals surface area contributed by atoms with Crippen molar-refractivity contribution in [2.24, 2.45) is 0 Å². The Morgan fingerprint density at radius 1 is 1.35 bits per heavy atom. The number of hydrogen-bond donors (Lipinski definition) is 1. The second-order valence-electron chi connectivity index (χ2n) is 4.45. The molecule has 2 N–H and O–H groups in total. The van der Waals surface area contributed by atoms with Crippen LogP contribution in [0.2, 0.25) is 5.02 Å². The van der Waals surface area contributed by atoms with Crippen LogP contribution in [-0.2, 0) is 6.18 Å². The lowest BCUT2D eigenvalue weighted by Gasteiger charge is -2.18. The van der Waals surface area contributed by atoms with Gasteiger partial charge in [0.2, 0.25) is 0 Å². The van der Waals surface area contributed by atoms with Crippen LogP contribution in [0, 0.1) is 6.92 Å². The molecule has 2 nitrogen and oxygen atoms in total. The van der Waals surface area contributed by atoms with Gasteiger partial charge in [-0.1, -0.05) is 24.6 Å². The number of aromatic nitrogens is 1. The van der Waals surface area contributed by atoms with Gasteiger partial charge >= 0.3 is 6.18 Å². The van der Waals surface area contributed by atoms with Crippen molar-refractivity contribution < 1.29 is 13.2 Å². The third-order valence-electron chi connectivity index (χ3n) is 3.03. The zero-order chi connectivity index (χ0) is 15.1. The number of halogens is 4. The molecule has 0 saturated carbocycles. The molecule has 20 heavy (non-hydrogen) atoms. The number of nitrogen functional groups attached to an aromatic ring is 1. The van der Waals surface area contributed by atoms with Gasteiger partial charge in [0.25, 0.3) is 0 Å². The van der Waals surface area contributed by atoms with Crippen LogP contribution in [0.5, 0.6) is 0 Å². The maximum absolute atomic E-state index is 13.1. The monoisotopic (exact) mass is 320 g/mol. The normalized spacial score (nSPS) is 13.5. The molecule has 108 valence electrons. The van der Waals surface area contributed by atoms with E-state index in [1.807, 2.05) is 0 Å². The van der Waals surface area contributed by atoms with Crippen molar-refractivity contribution in [3.63, 3.8) is 0 Å². The first-order valence-electron chi connectivity index (χ1n) is 5.79. The molecule has 1 heterocycles. The number of alkyl halides is 3. The lowest BCUT2D eigenvalue weighted by molar-refractivity contribution is -0.138. The minimum atomic E-state index is -4.45. The van der Waals surface area contributed by atoms with Crippen LogP contribution in [0.4, 0.5) is 18.3 Å². The minimum absolute atomic E-state index is 0.0637. The number of benzene rings is 1. The molecule has 0 radical (unpaired) electrons. The molecule has 0 spiro atoms. The maximum Gasteiger partial charge on any atom is 0.416 e. The largest absolute Gasteiger partial charge is 0.416 e. The van der Waals surface area contributed by atoms with Gasteiger partial charge < -0.3 is 5.73 Å². The summed E-state index contributed by atoms with van der Waals surface area (Å²) in [5, 5.41) is 0.417. The fourth-order valence-electron chi connectivity index (χ4n) is 2.12. The van der Waals surface area contributed by atoms with Crippen LogP contribution in [0.1, 0.15) is 34.5 Å². The highest BCUT2D eigenvalue weighted by molar-refractivity contribution is 7.15. The highest BCUT2D eigenvalue weighted by atomic mass is 35.5. The molecule has 0 amide bonds. The van der Waals surface area contributed by atoms with E-state index >= 15 is 0 Å². The predicted octanol–water partition coefficient (Wildman–Crippen LogP) is 4.86. The molecule has 1 atom stereocenters. The molecule has 1 aromatic heterocycles. The summed E-state index contributed by atoms with van der Waals surface area (Å²) in [7, 11) is 0. The number of nitrogens with two attached hydrogens (primary N) is 1. The van der Waals surface area contributed by atoms with Gasteiger partial charge in [0.1, 0.15) is 0 Å². The number of thiazole rings is 1. The molecule has 2 rings (SSSR count). The van der Waals surface area contributed by atoms with Gasteiger partial charge in [0.15, 0.2) is 5.13 Å². The molecule has 0 aliphatic heterocycles. The molecule has 0 fully saturated rings. The summed E-state index contributed by atoms with van der Waals surface area (Å²) in [5.41, 5.74) is 5.72. The predicted molar refractivity (Wildman–Crippen MR) is 75.2 cm³/mol. The van der Waals surface area contributed by atoms with Crippen LogP contribution >= 0.6 is 22.9 Å². The van der Waals surface area contributed by atoms with Crippen LogP contribution in [0.3, 0.4) is 0 Å². The SMILES string of the molecule is Cc1nc(N)sc1C(C)c1ccc(Cl)cc1C(F)(F)F. The summed E-state index contributed by atoms with van der Waals surface area (Å²) in [6, 6.07) is 3.82. The molecule has 1 aromatic carbocycles. The zero-order valence-electron chi connectivity index (χ0n) is 10.8. The van der Waals surface area contributed by atoms with E-state index in [2.05, 4.69) is 4.98 Å². The van der Waals surface area contributed by atoms with Crippen molar-refractivity contribution in [2.45, 2.75) is 25.9 Å². The van der Waals surface area contributed by atoms with Gasteiger partial charge in [0.05, 0.1) is 11.3 Å². The molecule has 2 aromatic rings. The second-order valence-corrected chi connectivity index (χ2v) is 5.95. The second kappa shape index (κ2) is 5.26. The Hall–Kier alpha value is -1.27. The van der Waals surface area contributed by atoms with Crippen LogP contribution in [-0.4, -0.2) is 4.98 Å². The van der Waals surface area contributed by atoms with Crippen LogP contribution < -0.4 is 5.73 Å². The van der Waals surface area contributed by atoms with Crippen molar-refractivity contribution in [1.29, 1.82) is 0 Å². The summed E-state index contributed by atoms with van der Waals surface area (Å²) in [4.78, 5) is 4.79. The number of hydrogen-bond acceptors (Lipinski definition) is 3. The summed E-state index contributed by atoms with van der Waals surface area (Å²) < 4.78 is 39.3. The third kappa shape index (κ3) is 2.91. The smallest absolute Gasteiger partial charge is 0.375 e. The van der Waals surface area contributed by atoms with E-state index < -0.39 is 17.7 Å². The molecular formula is C13H12ClF3N2S. The third-order valence-corrected chi connectivity index (χ3v) is 4.43. The van der Waals surface area contributed by atoms with Gasteiger partial charge in [0, 0.05) is 15.8 Å². The van der Waals surface area contributed by atoms with E-state index in [4.69, 9.17) is 17.3 Å². The topological polar surface area (TPSA) is 38.9 Å². The van der Waals surface area contributed by atoms with Crippen LogP contribution in [0.25, 0.3) is 0 Å². The Morgan fingerprint density at radius 3 is 2.50 bits per heavy atom. The summed E-state index contributed by atoms with van der Waals surface area (Å²) in [6.45, 7) is 3.44. The minimum Gasteiger partial charge on any atom is -0.375 e. The number of nitrogens with zero attached hydrogens (tertiary/aromatic N) is 1. The van der Waals surface area contributed by atoms with Crippen molar-refractivity contribution >= 4 is 28.1 Å². The van der Waals surface area contributed by atoms with Gasteiger partial charge in [-0.2, -0.15) is 13.2 Å². The van der Waals surface area contributed by atoms with Gasteiger partial charge in [-0.25, -0.2) is 4.98 Å². The molecular weight excluding hydrogens is 309 g/mol. The summed E-state index contributed by atoms with van der Waals surface area (Å²) in [6.07, 6.45) is -4.45. The molecule has 0 aliphatic rings. The molecule has 0 saturated heterocycles. The summed E-state index contributed by atoms with van der Waals surface area (Å²) >= 11 is 6.89. The number of aryl methyl sites for hydroxylation is 1. The Balaban J connectivity index is 2.55. The standard InChI is InChI=1S/C13H12ClF3N2S/c1-6(11-7(2)19-12(18)20-11)9-4-3-8(14)5-10(9)13(15,16)17/h3-6H,1-2H3,(H2,18,19). The molecule has 1 unspecified atom stereocenters. The average molecular weight is 321 g/mol. The number of rotatable bonds is 2. The van der Waals surface area contributed by atoms with E-state index in [1.165, 1.54) is 23.5 Å². The first kappa shape index (κ1) is 15.1. The van der Waals surface area contributed by atoms with Crippen molar-refractivity contribution in [3.8, 4) is 0 Å². The van der Waals surface area contributed by atoms with E-state index in [-0.39, 0.29) is 10.6 Å². The highest BCUT2D eigenvalue weighted by Crippen LogP contribution is 2.41. The van der Waals surface area contributed by atoms with Crippen molar-refractivity contribution in [3.05, 3.63) is 44.9 Å². The molecule has 0 aliphatic carbocycles. The quantitative estimate of drug-likeness (QED) is 0.858. The Kier molecular flexibility index (Phi) is 3.97. The average Bonchev–Trinajstić information content (AvgIpc) is 2.66. The lowest BCUT2D eigenvalue weighted by Crippen LogP contribution is -2.11.